The number of nitrogens with one attached hydrogen (secondary N) is 2. The monoisotopic (exact) mass is 1020 g/mol. The molecule has 0 bridgehead atoms. The van der Waals surface area contributed by atoms with Crippen molar-refractivity contribution in [2.24, 2.45) is 5.41 Å². The van der Waals surface area contributed by atoms with Crippen molar-refractivity contribution in [3.63, 3.8) is 0 Å². The quantitative estimate of drug-likeness (QED) is 0.0220. The van der Waals surface area contributed by atoms with Crippen LogP contribution in [0.2, 0.25) is 0 Å². The molecule has 25 nitrogen and oxygen atoms in total. The molecule has 29 heteroatoms. The van der Waals surface area contributed by atoms with Gasteiger partial charge in [-0.1, -0.05) is 89.6 Å². The van der Waals surface area contributed by atoms with E-state index in [2.05, 4.69) is 41.3 Å². The number of imidazole rings is 1. The number of nitrogens with two attached hydrogens (primary N) is 1. The minimum absolute atomic E-state index is 0.0250. The molecule has 3 heterocycles. The first kappa shape index (κ1) is 57.3. The highest BCUT2D eigenvalue weighted by molar-refractivity contribution is 8.13. The SMILES string of the molecule is CCCCCCCCCC/C=C\CC(=O)CC(=O)SCCNC(=O)CCNC(=O)[C@H](O)C(C)(C)COP(=O)(O)OP(=O)(O)OC[C@H]1O[C@@H](n2cnc3c(N)ncnc32)[C@H](O)[C@@H]1OP(=O)(O)O. The van der Waals surface area contributed by atoms with E-state index in [-0.39, 0.29) is 66.0 Å². The summed E-state index contributed by atoms with van der Waals surface area (Å²) in [6.07, 6.45) is 7.37. The summed E-state index contributed by atoms with van der Waals surface area (Å²) >= 11 is 0.913. The Morgan fingerprint density at radius 1 is 0.955 bits per heavy atom. The number of aliphatic hydroxyl groups is 2. The molecule has 66 heavy (non-hydrogen) atoms. The summed E-state index contributed by atoms with van der Waals surface area (Å²) in [5, 5.41) is 26.1. The van der Waals surface area contributed by atoms with Crippen LogP contribution in [-0.4, -0.2) is 128 Å². The number of carbonyl (C=O) groups is 4. The van der Waals surface area contributed by atoms with E-state index in [1.807, 2.05) is 6.08 Å². The van der Waals surface area contributed by atoms with Crippen molar-refractivity contribution in [2.75, 3.05) is 37.8 Å². The van der Waals surface area contributed by atoms with Crippen molar-refractivity contribution in [1.82, 2.24) is 30.2 Å². The van der Waals surface area contributed by atoms with Gasteiger partial charge in [-0.2, -0.15) is 4.31 Å². The van der Waals surface area contributed by atoms with Crippen molar-refractivity contribution in [3.05, 3.63) is 24.8 Å². The van der Waals surface area contributed by atoms with Crippen LogP contribution in [0.5, 0.6) is 0 Å². The van der Waals surface area contributed by atoms with E-state index in [4.69, 9.17) is 19.5 Å². The Morgan fingerprint density at radius 3 is 2.30 bits per heavy atom. The van der Waals surface area contributed by atoms with Gasteiger partial charge >= 0.3 is 23.5 Å². The molecule has 1 fully saturated rings. The van der Waals surface area contributed by atoms with Crippen LogP contribution in [-0.2, 0) is 55.5 Å². The van der Waals surface area contributed by atoms with Gasteiger partial charge in [-0.05, 0) is 12.8 Å². The summed E-state index contributed by atoms with van der Waals surface area (Å²) < 4.78 is 62.3. The largest absolute Gasteiger partial charge is 0.481 e. The van der Waals surface area contributed by atoms with Gasteiger partial charge in [0.25, 0.3) is 0 Å². The summed E-state index contributed by atoms with van der Waals surface area (Å²) in [5.74, 6) is -1.51. The fourth-order valence-electron chi connectivity index (χ4n) is 6.31. The van der Waals surface area contributed by atoms with Gasteiger partial charge in [0.15, 0.2) is 22.8 Å². The van der Waals surface area contributed by atoms with Crippen LogP contribution in [0.3, 0.4) is 0 Å². The number of Topliss-reactive ketones (excluding diaryl/α,β-unsaturated/α-hetero) is 1. The average molecular weight is 1020 g/mol. The number of rotatable bonds is 32. The highest BCUT2D eigenvalue weighted by Crippen LogP contribution is 2.61. The van der Waals surface area contributed by atoms with E-state index < -0.39 is 84.6 Å². The number of aliphatic hydroxyl groups excluding tert-OH is 2. The van der Waals surface area contributed by atoms with Crippen molar-refractivity contribution in [2.45, 2.75) is 128 Å². The summed E-state index contributed by atoms with van der Waals surface area (Å²) in [6, 6.07) is 0. The molecule has 7 atom stereocenters. The number of hydrogen-bond donors (Lipinski definition) is 9. The molecule has 374 valence electrons. The second-order valence-corrected chi connectivity index (χ2v) is 21.3. The van der Waals surface area contributed by atoms with Crippen LogP contribution >= 0.6 is 35.2 Å². The molecular formula is C37H62N7O18P3S. The van der Waals surface area contributed by atoms with E-state index in [1.54, 1.807) is 6.08 Å². The van der Waals surface area contributed by atoms with Crippen molar-refractivity contribution in [1.29, 1.82) is 0 Å². The third kappa shape index (κ3) is 20.3. The molecule has 0 aromatic carbocycles. The maximum atomic E-state index is 12.7. The van der Waals surface area contributed by atoms with Crippen LogP contribution in [0.15, 0.2) is 24.8 Å². The van der Waals surface area contributed by atoms with Gasteiger partial charge in [0, 0.05) is 37.1 Å². The summed E-state index contributed by atoms with van der Waals surface area (Å²) in [5.41, 5.74) is 4.24. The lowest BCUT2D eigenvalue weighted by Gasteiger charge is -2.30. The van der Waals surface area contributed by atoms with Gasteiger partial charge < -0.3 is 50.9 Å². The lowest BCUT2D eigenvalue weighted by atomic mass is 9.87. The number of hydrogen-bond acceptors (Lipinski definition) is 19. The number of fused-ring (bicyclic) bond motifs is 1. The van der Waals surface area contributed by atoms with Crippen LogP contribution in [0, 0.1) is 5.41 Å². The highest BCUT2D eigenvalue weighted by Gasteiger charge is 2.50. The molecule has 0 radical (unpaired) electrons. The first-order chi connectivity index (χ1) is 30.9. The number of amides is 2. The standard InChI is InChI=1S/C37H62N7O18P3S/c1-4-5-6-7-8-9-10-11-12-13-14-15-25(45)20-28(47)66-19-18-39-27(46)16-17-40-35(50)32(49)37(2,3)22-59-65(56,57)62-64(54,55)58-21-26-31(61-63(51,52)53)30(48)36(60-26)44-24-43-29-33(38)41-23-42-34(29)44/h13-14,23-24,26,30-32,36,48-49H,4-12,15-22H2,1-3H3,(H,39,46)(H,40,50)(H,54,55)(H,56,57)(H2,38,41,42)(H2,51,52,53)/b14-13-/t26-,30-,31-,32+,36-/m1/s1. The van der Waals surface area contributed by atoms with Gasteiger partial charge in [-0.3, -0.25) is 37.3 Å². The van der Waals surface area contributed by atoms with E-state index in [9.17, 15) is 62.7 Å². The lowest BCUT2D eigenvalue weighted by molar-refractivity contribution is -0.137. The Balaban J connectivity index is 1.35. The molecule has 10 N–H and O–H groups in total. The number of phosphoric ester groups is 3. The average Bonchev–Trinajstić information content (AvgIpc) is 3.79. The van der Waals surface area contributed by atoms with Crippen LogP contribution in [0.25, 0.3) is 11.2 Å². The van der Waals surface area contributed by atoms with Gasteiger partial charge in [0.1, 0.15) is 42.0 Å². The van der Waals surface area contributed by atoms with E-state index in [0.717, 1.165) is 48.2 Å². The third-order valence-electron chi connectivity index (χ3n) is 9.84. The Bertz CT molecular complexity index is 2090. The second kappa shape index (κ2) is 27.2. The number of ketones is 1. The maximum absolute atomic E-state index is 12.7. The molecule has 2 aromatic heterocycles. The Morgan fingerprint density at radius 2 is 1.62 bits per heavy atom. The number of thioether (sulfide) groups is 1. The number of nitrogens with zero attached hydrogens (tertiary/aromatic N) is 4. The molecule has 0 spiro atoms. The van der Waals surface area contributed by atoms with Crippen molar-refractivity contribution in [3.8, 4) is 0 Å². The van der Waals surface area contributed by atoms with Crippen LogP contribution in [0.1, 0.15) is 104 Å². The number of unbranched alkanes of at least 4 members (excludes halogenated alkanes) is 8. The predicted octanol–water partition coefficient (Wildman–Crippen LogP) is 3.10. The zero-order valence-corrected chi connectivity index (χ0v) is 40.4. The predicted molar refractivity (Wildman–Crippen MR) is 238 cm³/mol. The van der Waals surface area contributed by atoms with Gasteiger partial charge in [0.2, 0.25) is 11.8 Å². The number of carbonyl (C=O) groups excluding carboxylic acids is 4. The third-order valence-corrected chi connectivity index (χ3v) is 13.8. The van der Waals surface area contributed by atoms with Crippen LogP contribution < -0.4 is 16.4 Å². The highest BCUT2D eigenvalue weighted by atomic mass is 32.2. The molecule has 1 saturated heterocycles. The van der Waals surface area contributed by atoms with Crippen molar-refractivity contribution >= 4 is 74.9 Å². The lowest BCUT2D eigenvalue weighted by Crippen LogP contribution is -2.46. The zero-order valence-electron chi connectivity index (χ0n) is 36.9. The second-order valence-electron chi connectivity index (χ2n) is 15.9. The molecule has 1 aliphatic heterocycles. The van der Waals surface area contributed by atoms with Crippen LogP contribution in [0.4, 0.5) is 5.82 Å². The normalized spacial score (nSPS) is 20.3. The fourth-order valence-corrected chi connectivity index (χ4v) is 9.83. The summed E-state index contributed by atoms with van der Waals surface area (Å²) in [6.45, 7) is 2.51. The van der Waals surface area contributed by atoms with E-state index in [0.29, 0.717) is 0 Å². The number of ether oxygens (including phenoxy) is 1. The van der Waals surface area contributed by atoms with Gasteiger partial charge in [0.05, 0.1) is 26.0 Å². The minimum Gasteiger partial charge on any atom is -0.386 e. The molecule has 2 aromatic rings. The molecule has 0 aliphatic carbocycles. The van der Waals surface area contributed by atoms with Gasteiger partial charge in [-0.15, -0.1) is 0 Å². The van der Waals surface area contributed by atoms with Crippen molar-refractivity contribution < 1.29 is 85.3 Å². The van der Waals surface area contributed by atoms with Gasteiger partial charge in [-0.25, -0.2) is 28.6 Å². The Hall–Kier alpha value is -3.03. The molecule has 1 aliphatic rings. The van der Waals surface area contributed by atoms with E-state index in [1.165, 1.54) is 52.4 Å². The fraction of sp³-hybridized carbons (Fsp3) is 0.703. The number of aromatic nitrogens is 4. The maximum Gasteiger partial charge on any atom is 0.481 e. The number of phosphoric acid groups is 3. The first-order valence-corrected chi connectivity index (χ1v) is 26.7. The molecular weight excluding hydrogens is 955 g/mol. The van der Waals surface area contributed by atoms with E-state index >= 15 is 0 Å². The number of nitrogen functional groups attached to an aromatic ring is 1. The Labute approximate surface area is 385 Å². The topological polar surface area (TPSA) is 381 Å². The zero-order chi connectivity index (χ0) is 49.1. The number of anilines is 1. The Kier molecular flexibility index (Phi) is 23.6. The smallest absolute Gasteiger partial charge is 0.386 e. The summed E-state index contributed by atoms with van der Waals surface area (Å²) in [7, 11) is -16.4. The molecule has 3 rings (SSSR count). The first-order valence-electron chi connectivity index (χ1n) is 21.2. The summed E-state index contributed by atoms with van der Waals surface area (Å²) in [4.78, 5) is 100. The molecule has 2 amide bonds. The minimum atomic E-state index is -5.59. The molecule has 2 unspecified atom stereocenters. The molecule has 0 saturated carbocycles. The number of allylic oxidation sites excluding steroid dienone is 2.